The molecule has 0 spiro atoms. The van der Waals surface area contributed by atoms with Gasteiger partial charge in [-0.15, -0.1) is 0 Å². The van der Waals surface area contributed by atoms with E-state index in [1.165, 1.54) is 6.07 Å². The van der Waals surface area contributed by atoms with E-state index >= 15 is 0 Å². The predicted molar refractivity (Wildman–Crippen MR) is 82.9 cm³/mol. The monoisotopic (exact) mass is 333 g/mol. The summed E-state index contributed by atoms with van der Waals surface area (Å²) < 4.78 is 14.7. The number of halogens is 2. The molecule has 0 bridgehead atoms. The molecule has 1 atom stereocenters. The van der Waals surface area contributed by atoms with Crippen molar-refractivity contribution >= 4 is 27.7 Å². The maximum absolute atomic E-state index is 13.7. The third-order valence-electron chi connectivity index (χ3n) is 2.83. The Morgan fingerprint density at radius 2 is 2.22 bits per heavy atom. The van der Waals surface area contributed by atoms with Crippen LogP contribution >= 0.6 is 27.7 Å². The third-order valence-corrected chi connectivity index (χ3v) is 3.96. The van der Waals surface area contributed by atoms with Crippen molar-refractivity contribution < 1.29 is 4.39 Å². The van der Waals surface area contributed by atoms with E-state index in [2.05, 4.69) is 34.4 Å². The standard InChI is InChI=1S/C14H21BrFNS/c1-3-7-17-13(6-8-18-2)10-11-9-12(15)4-5-14(11)16/h4-5,9,13,17H,3,6-8,10H2,1-2H3. The second kappa shape index (κ2) is 8.94. The maximum Gasteiger partial charge on any atom is 0.126 e. The highest BCUT2D eigenvalue weighted by Gasteiger charge is 2.11. The topological polar surface area (TPSA) is 12.0 Å². The molecule has 0 aliphatic carbocycles. The van der Waals surface area contributed by atoms with Crippen LogP contribution in [0.4, 0.5) is 4.39 Å². The second-order valence-corrected chi connectivity index (χ2v) is 6.27. The molecule has 1 N–H and O–H groups in total. The SMILES string of the molecule is CCCNC(CCSC)Cc1cc(Br)ccc1F. The van der Waals surface area contributed by atoms with Gasteiger partial charge in [-0.3, -0.25) is 0 Å². The van der Waals surface area contributed by atoms with Gasteiger partial charge in [-0.1, -0.05) is 22.9 Å². The Bertz CT molecular complexity index is 352. The van der Waals surface area contributed by atoms with E-state index in [0.29, 0.717) is 6.04 Å². The molecule has 0 saturated carbocycles. The molecule has 0 aromatic heterocycles. The number of hydrogen-bond donors (Lipinski definition) is 1. The lowest BCUT2D eigenvalue weighted by atomic mass is 10.0. The van der Waals surface area contributed by atoms with Gasteiger partial charge in [0.25, 0.3) is 0 Å². The lowest BCUT2D eigenvalue weighted by molar-refractivity contribution is 0.486. The van der Waals surface area contributed by atoms with Gasteiger partial charge in [0, 0.05) is 10.5 Å². The summed E-state index contributed by atoms with van der Waals surface area (Å²) in [6, 6.07) is 5.52. The number of hydrogen-bond acceptors (Lipinski definition) is 2. The fraction of sp³-hybridized carbons (Fsp3) is 0.571. The van der Waals surface area contributed by atoms with Gasteiger partial charge < -0.3 is 5.32 Å². The molecule has 0 amide bonds. The fourth-order valence-electron chi connectivity index (χ4n) is 1.85. The first kappa shape index (κ1) is 16.0. The van der Waals surface area contributed by atoms with Crippen LogP contribution in [0.25, 0.3) is 0 Å². The zero-order valence-electron chi connectivity index (χ0n) is 11.0. The first-order chi connectivity index (χ1) is 8.67. The molecule has 1 unspecified atom stereocenters. The molecule has 0 aliphatic rings. The van der Waals surface area contributed by atoms with Crippen molar-refractivity contribution in [1.29, 1.82) is 0 Å². The fourth-order valence-corrected chi connectivity index (χ4v) is 2.78. The molecule has 1 aromatic rings. The molecule has 0 radical (unpaired) electrons. The molecule has 0 fully saturated rings. The lowest BCUT2D eigenvalue weighted by Gasteiger charge is -2.18. The van der Waals surface area contributed by atoms with Gasteiger partial charge in [-0.25, -0.2) is 4.39 Å². The first-order valence-electron chi connectivity index (χ1n) is 6.33. The van der Waals surface area contributed by atoms with E-state index in [1.807, 2.05) is 17.8 Å². The quantitative estimate of drug-likeness (QED) is 0.763. The lowest BCUT2D eigenvalue weighted by Crippen LogP contribution is -2.32. The number of benzene rings is 1. The Labute approximate surface area is 122 Å². The minimum Gasteiger partial charge on any atom is -0.314 e. The summed E-state index contributed by atoms with van der Waals surface area (Å²) in [5, 5.41) is 3.50. The van der Waals surface area contributed by atoms with Crippen LogP contribution in [0, 0.1) is 5.82 Å². The smallest absolute Gasteiger partial charge is 0.126 e. The molecular weight excluding hydrogens is 313 g/mol. The van der Waals surface area contributed by atoms with E-state index in [9.17, 15) is 4.39 Å². The summed E-state index contributed by atoms with van der Waals surface area (Å²) in [7, 11) is 0. The maximum atomic E-state index is 13.7. The minimum atomic E-state index is -0.106. The van der Waals surface area contributed by atoms with Crippen LogP contribution in [-0.2, 0) is 6.42 Å². The van der Waals surface area contributed by atoms with Crippen molar-refractivity contribution in [3.8, 4) is 0 Å². The second-order valence-electron chi connectivity index (χ2n) is 4.37. The van der Waals surface area contributed by atoms with Gasteiger partial charge >= 0.3 is 0 Å². The van der Waals surface area contributed by atoms with Crippen LogP contribution in [-0.4, -0.2) is 24.6 Å². The van der Waals surface area contributed by atoms with Gasteiger partial charge in [0.05, 0.1) is 0 Å². The zero-order valence-corrected chi connectivity index (χ0v) is 13.4. The van der Waals surface area contributed by atoms with Crippen molar-refractivity contribution in [2.75, 3.05) is 18.6 Å². The summed E-state index contributed by atoms with van der Waals surface area (Å²) in [4.78, 5) is 0. The van der Waals surface area contributed by atoms with Gasteiger partial charge in [0.2, 0.25) is 0 Å². The average molecular weight is 334 g/mol. The molecule has 1 rings (SSSR count). The number of rotatable bonds is 8. The van der Waals surface area contributed by atoms with E-state index in [1.54, 1.807) is 6.07 Å². The molecule has 0 saturated heterocycles. The third kappa shape index (κ3) is 5.72. The molecule has 1 nitrogen and oxygen atoms in total. The summed E-state index contributed by atoms with van der Waals surface area (Å²) in [5.74, 6) is 1.00. The molecule has 102 valence electrons. The van der Waals surface area contributed by atoms with E-state index in [4.69, 9.17) is 0 Å². The average Bonchev–Trinajstić information content (AvgIpc) is 2.37. The van der Waals surface area contributed by atoms with Crippen LogP contribution < -0.4 is 5.32 Å². The Hall–Kier alpha value is -0.0600. The highest BCUT2D eigenvalue weighted by molar-refractivity contribution is 9.10. The largest absolute Gasteiger partial charge is 0.314 e. The van der Waals surface area contributed by atoms with E-state index in [0.717, 1.165) is 41.6 Å². The zero-order chi connectivity index (χ0) is 13.4. The van der Waals surface area contributed by atoms with Gasteiger partial charge in [0.15, 0.2) is 0 Å². The molecular formula is C14H21BrFNS. The highest BCUT2D eigenvalue weighted by Crippen LogP contribution is 2.18. The van der Waals surface area contributed by atoms with Crippen molar-refractivity contribution in [3.63, 3.8) is 0 Å². The Balaban J connectivity index is 2.65. The van der Waals surface area contributed by atoms with E-state index in [-0.39, 0.29) is 5.82 Å². The van der Waals surface area contributed by atoms with Gasteiger partial charge in [-0.05, 0) is 61.6 Å². The normalized spacial score (nSPS) is 12.7. The van der Waals surface area contributed by atoms with Gasteiger partial charge in [-0.2, -0.15) is 11.8 Å². The molecule has 18 heavy (non-hydrogen) atoms. The highest BCUT2D eigenvalue weighted by atomic mass is 79.9. The first-order valence-corrected chi connectivity index (χ1v) is 8.52. The van der Waals surface area contributed by atoms with Crippen molar-refractivity contribution in [2.45, 2.75) is 32.2 Å². The summed E-state index contributed by atoms with van der Waals surface area (Å²) in [6.07, 6.45) is 5.05. The van der Waals surface area contributed by atoms with Crippen molar-refractivity contribution in [1.82, 2.24) is 5.32 Å². The Kier molecular flexibility index (Phi) is 7.95. The van der Waals surface area contributed by atoms with Crippen LogP contribution in [0.5, 0.6) is 0 Å². The van der Waals surface area contributed by atoms with Crippen LogP contribution in [0.15, 0.2) is 22.7 Å². The number of thioether (sulfide) groups is 1. The van der Waals surface area contributed by atoms with Crippen LogP contribution in [0.1, 0.15) is 25.3 Å². The van der Waals surface area contributed by atoms with E-state index < -0.39 is 0 Å². The number of nitrogens with one attached hydrogen (secondary N) is 1. The van der Waals surface area contributed by atoms with Gasteiger partial charge in [0.1, 0.15) is 5.82 Å². The van der Waals surface area contributed by atoms with Crippen molar-refractivity contribution in [3.05, 3.63) is 34.1 Å². The Morgan fingerprint density at radius 1 is 1.44 bits per heavy atom. The predicted octanol–water partition coefficient (Wildman–Crippen LogP) is 4.25. The molecule has 0 heterocycles. The summed E-state index contributed by atoms with van der Waals surface area (Å²) >= 11 is 5.24. The molecule has 1 aromatic carbocycles. The molecule has 0 aliphatic heterocycles. The Morgan fingerprint density at radius 3 is 2.89 bits per heavy atom. The summed E-state index contributed by atoms with van der Waals surface area (Å²) in [6.45, 7) is 3.15. The van der Waals surface area contributed by atoms with Crippen LogP contribution in [0.2, 0.25) is 0 Å². The van der Waals surface area contributed by atoms with Crippen molar-refractivity contribution in [2.24, 2.45) is 0 Å². The van der Waals surface area contributed by atoms with Crippen LogP contribution in [0.3, 0.4) is 0 Å². The molecule has 4 heteroatoms. The minimum absolute atomic E-state index is 0.106. The summed E-state index contributed by atoms with van der Waals surface area (Å²) in [5.41, 5.74) is 0.791.